The number of aryl methyl sites for hydroxylation is 1. The predicted molar refractivity (Wildman–Crippen MR) is 110 cm³/mol. The molecule has 4 rings (SSSR count). The van der Waals surface area contributed by atoms with Crippen LogP contribution in [0, 0.1) is 12.7 Å². The van der Waals surface area contributed by atoms with E-state index in [9.17, 15) is 22.4 Å². The molecule has 0 bridgehead atoms. The number of carbonyl (C=O) groups excluding carboxylic acids is 2. The highest BCUT2D eigenvalue weighted by Gasteiger charge is 2.40. The van der Waals surface area contributed by atoms with Crippen molar-refractivity contribution < 1.29 is 26.8 Å². The molecule has 0 aliphatic carbocycles. The summed E-state index contributed by atoms with van der Waals surface area (Å²) in [5.41, 5.74) is 5.69. The third-order valence-electron chi connectivity index (χ3n) is 5.28. The number of furan rings is 1. The molecule has 0 saturated carbocycles. The second-order valence-corrected chi connectivity index (χ2v) is 9.06. The minimum absolute atomic E-state index is 0.0451. The van der Waals surface area contributed by atoms with E-state index in [4.69, 9.17) is 4.42 Å². The maximum Gasteiger partial charge on any atom is 0.305 e. The molecule has 0 radical (unpaired) electrons. The second kappa shape index (κ2) is 8.12. The Morgan fingerprint density at radius 2 is 1.81 bits per heavy atom. The molecule has 1 aliphatic heterocycles. The smallest absolute Gasteiger partial charge is 0.305 e. The predicted octanol–water partition coefficient (Wildman–Crippen LogP) is 2.49. The Morgan fingerprint density at radius 3 is 2.55 bits per heavy atom. The molecule has 8 nitrogen and oxygen atoms in total. The van der Waals surface area contributed by atoms with E-state index in [-0.39, 0.29) is 18.7 Å². The lowest BCUT2D eigenvalue weighted by Crippen LogP contribution is -2.51. The van der Waals surface area contributed by atoms with Gasteiger partial charge in [0.2, 0.25) is 10.0 Å². The Kier molecular flexibility index (Phi) is 5.50. The Balaban J connectivity index is 1.48. The fourth-order valence-electron chi connectivity index (χ4n) is 3.72. The molecule has 1 atom stereocenters. The van der Waals surface area contributed by atoms with Crippen LogP contribution in [-0.4, -0.2) is 37.1 Å². The molecule has 2 heterocycles. The van der Waals surface area contributed by atoms with Crippen LogP contribution in [0.15, 0.2) is 57.8 Å². The number of hydrogen-bond donors (Lipinski definition) is 2. The molecule has 1 aliphatic rings. The molecule has 0 spiro atoms. The van der Waals surface area contributed by atoms with Gasteiger partial charge in [-0.1, -0.05) is 30.3 Å². The first kappa shape index (κ1) is 21.0. The molecule has 2 N–H and O–H groups in total. The number of fused-ring (bicyclic) bond motifs is 1. The number of carbonyl (C=O) groups is 2. The van der Waals surface area contributed by atoms with Gasteiger partial charge in [0.1, 0.15) is 22.3 Å². The highest BCUT2D eigenvalue weighted by Crippen LogP contribution is 2.28. The molecule has 1 fully saturated rings. The van der Waals surface area contributed by atoms with E-state index in [2.05, 4.69) is 10.9 Å². The van der Waals surface area contributed by atoms with Gasteiger partial charge in [0.15, 0.2) is 5.76 Å². The summed E-state index contributed by atoms with van der Waals surface area (Å²) < 4.78 is 46.3. The number of hydrogen-bond acceptors (Lipinski definition) is 5. The molecule has 162 valence electrons. The SMILES string of the molecule is Cc1c(C(=O)NNC(=O)C2CCCN2S(=O)(=O)c2ccccc2F)oc2ccccc12. The van der Waals surface area contributed by atoms with E-state index in [0.29, 0.717) is 17.6 Å². The summed E-state index contributed by atoms with van der Waals surface area (Å²) in [7, 11) is -4.21. The van der Waals surface area contributed by atoms with Crippen LogP contribution in [-0.2, 0) is 14.8 Å². The zero-order valence-electron chi connectivity index (χ0n) is 16.6. The third kappa shape index (κ3) is 3.79. The fraction of sp³-hybridized carbons (Fsp3) is 0.238. The third-order valence-corrected chi connectivity index (χ3v) is 7.22. The van der Waals surface area contributed by atoms with Crippen LogP contribution in [0.5, 0.6) is 0 Å². The minimum Gasteiger partial charge on any atom is -0.451 e. The van der Waals surface area contributed by atoms with Gasteiger partial charge in [-0.3, -0.25) is 20.4 Å². The lowest BCUT2D eigenvalue weighted by atomic mass is 10.1. The summed E-state index contributed by atoms with van der Waals surface area (Å²) in [6.45, 7) is 1.80. The number of benzene rings is 2. The van der Waals surface area contributed by atoms with Crippen molar-refractivity contribution >= 4 is 32.8 Å². The Bertz CT molecular complexity index is 1270. The van der Waals surface area contributed by atoms with Crippen molar-refractivity contribution in [2.45, 2.75) is 30.7 Å². The zero-order chi connectivity index (χ0) is 22.2. The molecule has 2 amide bonds. The Hall–Kier alpha value is -3.24. The van der Waals surface area contributed by atoms with Crippen molar-refractivity contribution in [3.63, 3.8) is 0 Å². The summed E-state index contributed by atoms with van der Waals surface area (Å²) >= 11 is 0. The normalized spacial score (nSPS) is 17.0. The van der Waals surface area contributed by atoms with Crippen molar-refractivity contribution in [1.82, 2.24) is 15.2 Å². The summed E-state index contributed by atoms with van der Waals surface area (Å²) in [5, 5.41) is 0.775. The van der Waals surface area contributed by atoms with Gasteiger partial charge in [-0.2, -0.15) is 4.31 Å². The summed E-state index contributed by atoms with van der Waals surface area (Å²) in [6.07, 6.45) is 0.682. The average Bonchev–Trinajstić information content (AvgIpc) is 3.38. The number of nitrogens with zero attached hydrogens (tertiary/aromatic N) is 1. The molecule has 1 aromatic heterocycles. The van der Waals surface area contributed by atoms with Crippen molar-refractivity contribution in [2.24, 2.45) is 0 Å². The van der Waals surface area contributed by atoms with Gasteiger partial charge in [0.25, 0.3) is 5.91 Å². The minimum atomic E-state index is -4.21. The van der Waals surface area contributed by atoms with Crippen molar-refractivity contribution in [3.05, 3.63) is 65.7 Å². The van der Waals surface area contributed by atoms with E-state index in [1.807, 2.05) is 12.1 Å². The fourth-order valence-corrected chi connectivity index (χ4v) is 5.44. The number of halogens is 1. The highest BCUT2D eigenvalue weighted by molar-refractivity contribution is 7.89. The van der Waals surface area contributed by atoms with Gasteiger partial charge >= 0.3 is 5.91 Å². The van der Waals surface area contributed by atoms with Crippen LogP contribution in [0.4, 0.5) is 4.39 Å². The van der Waals surface area contributed by atoms with E-state index in [1.54, 1.807) is 19.1 Å². The van der Waals surface area contributed by atoms with Gasteiger partial charge in [-0.25, -0.2) is 12.8 Å². The largest absolute Gasteiger partial charge is 0.451 e. The van der Waals surface area contributed by atoms with Crippen molar-refractivity contribution in [1.29, 1.82) is 0 Å². The van der Waals surface area contributed by atoms with Gasteiger partial charge in [0, 0.05) is 17.5 Å². The number of nitrogens with one attached hydrogen (secondary N) is 2. The van der Waals surface area contributed by atoms with Crippen LogP contribution in [0.2, 0.25) is 0 Å². The summed E-state index contributed by atoms with van der Waals surface area (Å²) in [5.74, 6) is -2.21. The number of rotatable bonds is 4. The van der Waals surface area contributed by atoms with Gasteiger partial charge < -0.3 is 4.42 Å². The lowest BCUT2D eigenvalue weighted by molar-refractivity contribution is -0.125. The average molecular weight is 445 g/mol. The van der Waals surface area contributed by atoms with Crippen LogP contribution in [0.3, 0.4) is 0 Å². The quantitative estimate of drug-likeness (QED) is 0.600. The topological polar surface area (TPSA) is 109 Å². The molecule has 31 heavy (non-hydrogen) atoms. The van der Waals surface area contributed by atoms with E-state index in [1.165, 1.54) is 12.1 Å². The number of sulfonamides is 1. The maximum absolute atomic E-state index is 14.1. The van der Waals surface area contributed by atoms with E-state index >= 15 is 0 Å². The summed E-state index contributed by atoms with van der Waals surface area (Å²) in [6, 6.07) is 11.1. The van der Waals surface area contributed by atoms with Gasteiger partial charge in [-0.05, 0) is 38.0 Å². The highest BCUT2D eigenvalue weighted by atomic mass is 32.2. The zero-order valence-corrected chi connectivity index (χ0v) is 17.4. The summed E-state index contributed by atoms with van der Waals surface area (Å²) in [4.78, 5) is 24.7. The first-order valence-corrected chi connectivity index (χ1v) is 11.1. The van der Waals surface area contributed by atoms with E-state index < -0.39 is 38.6 Å². The van der Waals surface area contributed by atoms with Crippen LogP contribution in [0.25, 0.3) is 11.0 Å². The number of amides is 2. The van der Waals surface area contributed by atoms with Crippen LogP contribution < -0.4 is 10.9 Å². The number of hydrazine groups is 1. The van der Waals surface area contributed by atoms with Gasteiger partial charge in [-0.15, -0.1) is 0 Å². The molecular weight excluding hydrogens is 425 g/mol. The molecule has 3 aromatic rings. The first-order valence-electron chi connectivity index (χ1n) is 9.65. The second-order valence-electron chi connectivity index (χ2n) is 7.20. The standard InChI is InChI=1S/C21H20FN3O5S/c1-13-14-7-2-4-10-17(14)30-19(13)21(27)24-23-20(26)16-9-6-12-25(16)31(28,29)18-11-5-3-8-15(18)22/h2-5,7-8,10-11,16H,6,9,12H2,1H3,(H,23,26)(H,24,27). The van der Waals surface area contributed by atoms with Crippen LogP contribution >= 0.6 is 0 Å². The lowest BCUT2D eigenvalue weighted by Gasteiger charge is -2.23. The molecule has 2 aromatic carbocycles. The Morgan fingerprint density at radius 1 is 1.10 bits per heavy atom. The van der Waals surface area contributed by atoms with E-state index in [0.717, 1.165) is 21.8 Å². The molecular formula is C21H20FN3O5S. The monoisotopic (exact) mass is 445 g/mol. The first-order chi connectivity index (χ1) is 14.8. The Labute approximate surface area is 178 Å². The van der Waals surface area contributed by atoms with Gasteiger partial charge in [0.05, 0.1) is 0 Å². The van der Waals surface area contributed by atoms with Crippen molar-refractivity contribution in [2.75, 3.05) is 6.54 Å². The van der Waals surface area contributed by atoms with Crippen LogP contribution in [0.1, 0.15) is 29.0 Å². The van der Waals surface area contributed by atoms with Crippen molar-refractivity contribution in [3.8, 4) is 0 Å². The molecule has 10 heteroatoms. The molecule has 1 saturated heterocycles. The molecule has 1 unspecified atom stereocenters. The number of para-hydroxylation sites is 1. The maximum atomic E-state index is 14.1.